The maximum atomic E-state index is 12.4. The fourth-order valence-electron chi connectivity index (χ4n) is 3.96. The Bertz CT molecular complexity index is 509. The number of hydrogen-bond acceptors (Lipinski definition) is 5. The number of rotatable bonds is 5. The molecule has 1 N–H and O–H groups in total. The van der Waals surface area contributed by atoms with Crippen LogP contribution in [-0.4, -0.2) is 68.2 Å². The molecule has 0 bridgehead atoms. The molecule has 2 saturated heterocycles. The van der Waals surface area contributed by atoms with Crippen LogP contribution >= 0.6 is 0 Å². The molecule has 24 heavy (non-hydrogen) atoms. The number of hydrogen-bond donors (Lipinski definition) is 1. The van der Waals surface area contributed by atoms with E-state index in [0.717, 1.165) is 58.7 Å². The Labute approximate surface area is 145 Å². The van der Waals surface area contributed by atoms with Crippen molar-refractivity contribution in [1.29, 1.82) is 0 Å². The number of carbonyl (C=O) groups excluding carboxylic acids is 1. The standard InChI is InChI=1S/C19H29N3O2/c1-24-19(23)18(17-7-9-20-10-8-17)22-13-11-21(12-14-22)15-16-5-3-2-4-6-16/h2-6,17-18,20H,7-15H2,1H3. The molecule has 2 fully saturated rings. The molecule has 2 aliphatic rings. The average Bonchev–Trinajstić information content (AvgIpc) is 2.65. The molecular formula is C19H29N3O2. The molecule has 0 aromatic heterocycles. The van der Waals surface area contributed by atoms with Crippen molar-refractivity contribution < 1.29 is 9.53 Å². The number of ether oxygens (including phenoxy) is 1. The van der Waals surface area contributed by atoms with E-state index in [9.17, 15) is 4.79 Å². The molecule has 5 nitrogen and oxygen atoms in total. The van der Waals surface area contributed by atoms with Crippen molar-refractivity contribution in [2.45, 2.75) is 25.4 Å². The summed E-state index contributed by atoms with van der Waals surface area (Å²) in [5.74, 6) is 0.359. The maximum absolute atomic E-state index is 12.4. The molecule has 5 heteroatoms. The molecule has 0 spiro atoms. The Balaban J connectivity index is 1.57. The fraction of sp³-hybridized carbons (Fsp3) is 0.632. The predicted octanol–water partition coefficient (Wildman–Crippen LogP) is 1.35. The van der Waals surface area contributed by atoms with Gasteiger partial charge in [0.25, 0.3) is 0 Å². The molecule has 2 heterocycles. The monoisotopic (exact) mass is 331 g/mol. The lowest BCUT2D eigenvalue weighted by Gasteiger charge is -2.41. The van der Waals surface area contributed by atoms with E-state index in [-0.39, 0.29) is 12.0 Å². The Morgan fingerprint density at radius 2 is 1.83 bits per heavy atom. The van der Waals surface area contributed by atoms with Gasteiger partial charge < -0.3 is 10.1 Å². The summed E-state index contributed by atoms with van der Waals surface area (Å²) in [6, 6.07) is 10.5. The van der Waals surface area contributed by atoms with Crippen LogP contribution in [0.25, 0.3) is 0 Å². The minimum Gasteiger partial charge on any atom is -0.468 e. The highest BCUT2D eigenvalue weighted by atomic mass is 16.5. The Morgan fingerprint density at radius 1 is 1.17 bits per heavy atom. The Hall–Kier alpha value is -1.43. The van der Waals surface area contributed by atoms with Crippen LogP contribution in [0.3, 0.4) is 0 Å². The van der Waals surface area contributed by atoms with Crippen LogP contribution < -0.4 is 5.32 Å². The minimum absolute atomic E-state index is 0.0570. The summed E-state index contributed by atoms with van der Waals surface area (Å²) in [4.78, 5) is 17.2. The number of esters is 1. The number of piperidine rings is 1. The summed E-state index contributed by atoms with van der Waals surface area (Å²) in [6.07, 6.45) is 2.12. The molecule has 132 valence electrons. The SMILES string of the molecule is COC(=O)C(C1CCNCC1)N1CCN(Cc2ccccc2)CC1. The van der Waals surface area contributed by atoms with E-state index in [2.05, 4.69) is 45.4 Å². The van der Waals surface area contributed by atoms with Gasteiger partial charge in [-0.1, -0.05) is 30.3 Å². The zero-order valence-corrected chi connectivity index (χ0v) is 14.6. The van der Waals surface area contributed by atoms with Crippen LogP contribution in [0.5, 0.6) is 0 Å². The molecule has 3 rings (SSSR count). The first-order valence-electron chi connectivity index (χ1n) is 9.07. The predicted molar refractivity (Wildman–Crippen MR) is 94.7 cm³/mol. The van der Waals surface area contributed by atoms with Crippen molar-refractivity contribution in [2.24, 2.45) is 5.92 Å². The van der Waals surface area contributed by atoms with Gasteiger partial charge in [-0.3, -0.25) is 14.6 Å². The number of methoxy groups -OCH3 is 1. The summed E-state index contributed by atoms with van der Waals surface area (Å²) in [5, 5.41) is 3.38. The molecule has 1 atom stereocenters. The largest absolute Gasteiger partial charge is 0.468 e. The second-order valence-electron chi connectivity index (χ2n) is 6.85. The number of benzene rings is 1. The van der Waals surface area contributed by atoms with Gasteiger partial charge in [-0.15, -0.1) is 0 Å². The van der Waals surface area contributed by atoms with Crippen LogP contribution in [0.15, 0.2) is 30.3 Å². The Kier molecular flexibility index (Phi) is 6.24. The molecule has 0 saturated carbocycles. The molecule has 1 unspecified atom stereocenters. The third-order valence-corrected chi connectivity index (χ3v) is 5.32. The van der Waals surface area contributed by atoms with Crippen molar-refractivity contribution in [3.05, 3.63) is 35.9 Å². The lowest BCUT2D eigenvalue weighted by molar-refractivity contribution is -0.150. The van der Waals surface area contributed by atoms with Crippen molar-refractivity contribution in [1.82, 2.24) is 15.1 Å². The molecule has 2 aliphatic heterocycles. The highest BCUT2D eigenvalue weighted by Crippen LogP contribution is 2.23. The van der Waals surface area contributed by atoms with Crippen LogP contribution in [0.1, 0.15) is 18.4 Å². The van der Waals surface area contributed by atoms with Gasteiger partial charge in [0, 0.05) is 32.7 Å². The van der Waals surface area contributed by atoms with Crippen LogP contribution in [-0.2, 0) is 16.1 Å². The topological polar surface area (TPSA) is 44.8 Å². The van der Waals surface area contributed by atoms with E-state index < -0.39 is 0 Å². The first kappa shape index (κ1) is 17.4. The third kappa shape index (κ3) is 4.35. The number of piperazine rings is 1. The first-order valence-corrected chi connectivity index (χ1v) is 9.07. The summed E-state index contributed by atoms with van der Waals surface area (Å²) < 4.78 is 5.13. The van der Waals surface area contributed by atoms with Crippen molar-refractivity contribution in [2.75, 3.05) is 46.4 Å². The van der Waals surface area contributed by atoms with E-state index in [1.165, 1.54) is 12.7 Å². The normalized spacial score (nSPS) is 22.2. The number of nitrogens with one attached hydrogen (secondary N) is 1. The molecule has 0 radical (unpaired) electrons. The van der Waals surface area contributed by atoms with E-state index in [0.29, 0.717) is 5.92 Å². The van der Waals surface area contributed by atoms with Crippen molar-refractivity contribution in [3.8, 4) is 0 Å². The van der Waals surface area contributed by atoms with E-state index in [1.54, 1.807) is 0 Å². The zero-order valence-electron chi connectivity index (χ0n) is 14.6. The van der Waals surface area contributed by atoms with Crippen molar-refractivity contribution in [3.63, 3.8) is 0 Å². The zero-order chi connectivity index (χ0) is 16.8. The lowest BCUT2D eigenvalue weighted by Crippen LogP contribution is -2.56. The van der Waals surface area contributed by atoms with Gasteiger partial charge in [0.2, 0.25) is 0 Å². The Morgan fingerprint density at radius 3 is 2.46 bits per heavy atom. The maximum Gasteiger partial charge on any atom is 0.323 e. The van der Waals surface area contributed by atoms with Gasteiger partial charge in [0.1, 0.15) is 6.04 Å². The minimum atomic E-state index is -0.0732. The second-order valence-corrected chi connectivity index (χ2v) is 6.85. The van der Waals surface area contributed by atoms with Gasteiger partial charge in [-0.25, -0.2) is 0 Å². The van der Waals surface area contributed by atoms with Crippen LogP contribution in [0, 0.1) is 5.92 Å². The summed E-state index contributed by atoms with van der Waals surface area (Å²) in [7, 11) is 1.52. The summed E-state index contributed by atoms with van der Waals surface area (Å²) >= 11 is 0. The van der Waals surface area contributed by atoms with Crippen LogP contribution in [0.4, 0.5) is 0 Å². The molecule has 1 aromatic rings. The smallest absolute Gasteiger partial charge is 0.323 e. The summed E-state index contributed by atoms with van der Waals surface area (Å²) in [6.45, 7) is 6.90. The van der Waals surface area contributed by atoms with E-state index >= 15 is 0 Å². The molecular weight excluding hydrogens is 302 g/mol. The first-order chi connectivity index (χ1) is 11.8. The highest BCUT2D eigenvalue weighted by Gasteiger charge is 2.36. The highest BCUT2D eigenvalue weighted by molar-refractivity contribution is 5.76. The quantitative estimate of drug-likeness (QED) is 0.825. The van der Waals surface area contributed by atoms with Gasteiger partial charge >= 0.3 is 5.97 Å². The van der Waals surface area contributed by atoms with Crippen molar-refractivity contribution >= 4 is 5.97 Å². The average molecular weight is 331 g/mol. The van der Waals surface area contributed by atoms with Gasteiger partial charge in [0.05, 0.1) is 7.11 Å². The molecule has 1 aromatic carbocycles. The van der Waals surface area contributed by atoms with E-state index in [4.69, 9.17) is 4.74 Å². The molecule has 0 aliphatic carbocycles. The van der Waals surface area contributed by atoms with Gasteiger partial charge in [0.15, 0.2) is 0 Å². The lowest BCUT2D eigenvalue weighted by atomic mass is 9.88. The fourth-order valence-corrected chi connectivity index (χ4v) is 3.96. The number of carbonyl (C=O) groups is 1. The number of nitrogens with zero attached hydrogens (tertiary/aromatic N) is 2. The van der Waals surface area contributed by atoms with Crippen LogP contribution in [0.2, 0.25) is 0 Å². The third-order valence-electron chi connectivity index (χ3n) is 5.32. The summed E-state index contributed by atoms with van der Waals surface area (Å²) in [5.41, 5.74) is 1.36. The van der Waals surface area contributed by atoms with Gasteiger partial charge in [-0.05, 0) is 37.4 Å². The molecule has 0 amide bonds. The van der Waals surface area contributed by atoms with E-state index in [1.807, 2.05) is 0 Å². The van der Waals surface area contributed by atoms with Gasteiger partial charge in [-0.2, -0.15) is 0 Å². The second kappa shape index (κ2) is 8.60.